The van der Waals surface area contributed by atoms with Crippen LogP contribution in [0.4, 0.5) is 5.69 Å². The smallest absolute Gasteiger partial charge is 0.270 e. The van der Waals surface area contributed by atoms with Crippen molar-refractivity contribution in [2.45, 2.75) is 6.92 Å². The van der Waals surface area contributed by atoms with Crippen molar-refractivity contribution in [1.82, 2.24) is 0 Å². The molecule has 20 heavy (non-hydrogen) atoms. The second-order valence-corrected chi connectivity index (χ2v) is 6.05. The van der Waals surface area contributed by atoms with Gasteiger partial charge in [0.1, 0.15) is 5.76 Å². The molecule has 2 aromatic rings. The van der Waals surface area contributed by atoms with Crippen molar-refractivity contribution in [3.05, 3.63) is 58.9 Å². The van der Waals surface area contributed by atoms with Gasteiger partial charge in [-0.15, -0.1) is 0 Å². The van der Waals surface area contributed by atoms with Crippen molar-refractivity contribution in [2.75, 3.05) is 4.90 Å². The van der Waals surface area contributed by atoms with Crippen LogP contribution in [0.2, 0.25) is 0 Å². The Bertz CT molecular complexity index is 704. The summed E-state index contributed by atoms with van der Waals surface area (Å²) in [6.07, 6.45) is 3.29. The van der Waals surface area contributed by atoms with Gasteiger partial charge in [-0.1, -0.05) is 36.1 Å². The summed E-state index contributed by atoms with van der Waals surface area (Å²) < 4.78 is 5.78. The minimum Gasteiger partial charge on any atom is -0.465 e. The Morgan fingerprint density at radius 1 is 1.30 bits per heavy atom. The highest BCUT2D eigenvalue weighted by atomic mass is 32.2. The Balaban J connectivity index is 1.95. The first-order valence-corrected chi connectivity index (χ1v) is 7.26. The molecule has 0 bridgehead atoms. The fourth-order valence-electron chi connectivity index (χ4n) is 1.96. The number of furan rings is 1. The Morgan fingerprint density at radius 2 is 2.15 bits per heavy atom. The van der Waals surface area contributed by atoms with Crippen molar-refractivity contribution in [2.24, 2.45) is 0 Å². The molecule has 1 aromatic heterocycles. The summed E-state index contributed by atoms with van der Waals surface area (Å²) in [7, 11) is 0. The number of carbonyl (C=O) groups is 1. The number of nitrogens with zero attached hydrogens (tertiary/aromatic N) is 1. The van der Waals surface area contributed by atoms with E-state index in [1.54, 1.807) is 29.4 Å². The zero-order chi connectivity index (χ0) is 14.1. The molecular formula is C15H11NO2S2. The summed E-state index contributed by atoms with van der Waals surface area (Å²) >= 11 is 6.60. The van der Waals surface area contributed by atoms with Gasteiger partial charge in [0.2, 0.25) is 0 Å². The number of aryl methyl sites for hydroxylation is 1. The maximum atomic E-state index is 12.5. The van der Waals surface area contributed by atoms with Crippen LogP contribution in [0.25, 0.3) is 6.08 Å². The number of thioether (sulfide) groups is 1. The molecule has 1 aromatic carbocycles. The first-order chi connectivity index (χ1) is 9.65. The number of carbonyl (C=O) groups excluding carboxylic acids is 1. The van der Waals surface area contributed by atoms with E-state index in [-0.39, 0.29) is 5.91 Å². The minimum absolute atomic E-state index is 0.109. The molecule has 0 radical (unpaired) electrons. The molecule has 2 heterocycles. The first kappa shape index (κ1) is 13.1. The molecule has 5 heteroatoms. The van der Waals surface area contributed by atoms with Crippen LogP contribution in [-0.4, -0.2) is 10.2 Å². The first-order valence-electron chi connectivity index (χ1n) is 6.03. The van der Waals surface area contributed by atoms with Crippen molar-refractivity contribution < 1.29 is 9.21 Å². The monoisotopic (exact) mass is 301 g/mol. The second kappa shape index (κ2) is 5.26. The van der Waals surface area contributed by atoms with Gasteiger partial charge in [-0.25, -0.2) is 0 Å². The summed E-state index contributed by atoms with van der Waals surface area (Å²) in [5, 5.41) is 0. The number of amides is 1. The van der Waals surface area contributed by atoms with Crippen LogP contribution in [-0.2, 0) is 4.79 Å². The largest absolute Gasteiger partial charge is 0.465 e. The third-order valence-electron chi connectivity index (χ3n) is 2.87. The molecule has 0 unspecified atom stereocenters. The highest BCUT2D eigenvalue weighted by Gasteiger charge is 2.33. The third-order valence-corrected chi connectivity index (χ3v) is 4.17. The fourth-order valence-corrected chi connectivity index (χ4v) is 3.24. The van der Waals surface area contributed by atoms with Gasteiger partial charge in [-0.05, 0) is 36.8 Å². The molecule has 3 nitrogen and oxygen atoms in total. The van der Waals surface area contributed by atoms with Gasteiger partial charge in [0, 0.05) is 6.08 Å². The molecule has 1 amide bonds. The van der Waals surface area contributed by atoms with E-state index in [1.165, 1.54) is 11.8 Å². The van der Waals surface area contributed by atoms with Gasteiger partial charge in [0.05, 0.1) is 16.9 Å². The Morgan fingerprint density at radius 3 is 2.85 bits per heavy atom. The number of hydrogen-bond acceptors (Lipinski definition) is 4. The third kappa shape index (κ3) is 2.42. The lowest BCUT2D eigenvalue weighted by Gasteiger charge is -2.14. The molecule has 100 valence electrons. The van der Waals surface area contributed by atoms with Gasteiger partial charge in [0.15, 0.2) is 4.32 Å². The predicted molar refractivity (Wildman–Crippen MR) is 85.5 cm³/mol. The predicted octanol–water partition coefficient (Wildman–Crippen LogP) is 3.99. The highest BCUT2D eigenvalue weighted by Crippen LogP contribution is 2.36. The van der Waals surface area contributed by atoms with E-state index >= 15 is 0 Å². The van der Waals surface area contributed by atoms with Crippen LogP contribution in [0.15, 0.2) is 52.0 Å². The summed E-state index contributed by atoms with van der Waals surface area (Å²) in [6, 6.07) is 11.3. The van der Waals surface area contributed by atoms with E-state index in [0.717, 1.165) is 11.3 Å². The van der Waals surface area contributed by atoms with E-state index in [2.05, 4.69) is 0 Å². The van der Waals surface area contributed by atoms with Gasteiger partial charge in [-0.2, -0.15) is 0 Å². The Hall–Kier alpha value is -1.85. The van der Waals surface area contributed by atoms with E-state index in [4.69, 9.17) is 16.6 Å². The normalized spacial score (nSPS) is 17.2. The highest BCUT2D eigenvalue weighted by molar-refractivity contribution is 8.27. The molecule has 1 aliphatic rings. The summed E-state index contributed by atoms with van der Waals surface area (Å²) in [5.41, 5.74) is 1.89. The maximum Gasteiger partial charge on any atom is 0.270 e. The topological polar surface area (TPSA) is 33.5 Å². The fraction of sp³-hybridized carbons (Fsp3) is 0.0667. The molecule has 1 saturated heterocycles. The summed E-state index contributed by atoms with van der Waals surface area (Å²) in [4.78, 5) is 14.6. The lowest BCUT2D eigenvalue weighted by Crippen LogP contribution is -2.27. The van der Waals surface area contributed by atoms with Crippen LogP contribution >= 0.6 is 24.0 Å². The second-order valence-electron chi connectivity index (χ2n) is 4.37. The van der Waals surface area contributed by atoms with Crippen LogP contribution in [0, 0.1) is 6.92 Å². The molecular weight excluding hydrogens is 290 g/mol. The van der Waals surface area contributed by atoms with E-state index in [1.807, 2.05) is 31.2 Å². The van der Waals surface area contributed by atoms with E-state index in [0.29, 0.717) is 15.0 Å². The van der Waals surface area contributed by atoms with Crippen LogP contribution < -0.4 is 4.90 Å². The molecule has 0 spiro atoms. The Kier molecular flexibility index (Phi) is 3.46. The van der Waals surface area contributed by atoms with Crippen LogP contribution in [0.5, 0.6) is 0 Å². The molecule has 1 fully saturated rings. The zero-order valence-corrected chi connectivity index (χ0v) is 12.3. The molecule has 1 aliphatic heterocycles. The van der Waals surface area contributed by atoms with Crippen molar-refractivity contribution in [3.63, 3.8) is 0 Å². The van der Waals surface area contributed by atoms with Gasteiger partial charge < -0.3 is 4.42 Å². The van der Waals surface area contributed by atoms with Gasteiger partial charge in [0.25, 0.3) is 5.91 Å². The molecule has 0 aliphatic carbocycles. The number of hydrogen-bond donors (Lipinski definition) is 0. The lowest BCUT2D eigenvalue weighted by molar-refractivity contribution is -0.113. The lowest BCUT2D eigenvalue weighted by atomic mass is 10.2. The molecule has 0 saturated carbocycles. The van der Waals surface area contributed by atoms with Crippen molar-refractivity contribution in [3.8, 4) is 0 Å². The number of thiocarbonyl (C=S) groups is 1. The van der Waals surface area contributed by atoms with E-state index in [9.17, 15) is 4.79 Å². The number of anilines is 1. The average molecular weight is 301 g/mol. The zero-order valence-electron chi connectivity index (χ0n) is 10.7. The van der Waals surface area contributed by atoms with Crippen LogP contribution in [0.3, 0.4) is 0 Å². The molecule has 3 rings (SSSR count). The molecule has 0 N–H and O–H groups in total. The summed E-state index contributed by atoms with van der Waals surface area (Å²) in [6.45, 7) is 1.99. The average Bonchev–Trinajstić information content (AvgIpc) is 2.99. The maximum absolute atomic E-state index is 12.5. The standard InChI is InChI=1S/C15H11NO2S2/c1-10-4-2-5-11(8-10)16-14(17)13(20-15(16)19)9-12-6-3-7-18-12/h2-9H,1H3. The van der Waals surface area contributed by atoms with Crippen molar-refractivity contribution in [1.29, 1.82) is 0 Å². The molecule has 0 atom stereocenters. The van der Waals surface area contributed by atoms with Crippen LogP contribution in [0.1, 0.15) is 11.3 Å². The minimum atomic E-state index is -0.109. The van der Waals surface area contributed by atoms with Gasteiger partial charge in [-0.3, -0.25) is 9.69 Å². The number of rotatable bonds is 2. The van der Waals surface area contributed by atoms with Crippen molar-refractivity contribution >= 4 is 46.0 Å². The quantitative estimate of drug-likeness (QED) is 0.620. The van der Waals surface area contributed by atoms with Gasteiger partial charge >= 0.3 is 0 Å². The number of benzene rings is 1. The SMILES string of the molecule is Cc1cccc(N2C(=O)C(=Cc3ccco3)SC2=S)c1. The summed E-state index contributed by atoms with van der Waals surface area (Å²) in [5.74, 6) is 0.539. The Labute approximate surface area is 126 Å². The van der Waals surface area contributed by atoms with E-state index < -0.39 is 0 Å².